The molecule has 2 bridgehead atoms. The van der Waals surface area contributed by atoms with Crippen molar-refractivity contribution in [3.05, 3.63) is 23.0 Å². The summed E-state index contributed by atoms with van der Waals surface area (Å²) < 4.78 is 15.8. The molecule has 4 atom stereocenters. The van der Waals surface area contributed by atoms with E-state index in [9.17, 15) is 24.9 Å². The van der Waals surface area contributed by atoms with Crippen molar-refractivity contribution >= 4 is 11.9 Å². The molecule has 0 radical (unpaired) electrons. The van der Waals surface area contributed by atoms with E-state index in [1.807, 2.05) is 0 Å². The van der Waals surface area contributed by atoms with E-state index in [1.165, 1.54) is 19.9 Å². The van der Waals surface area contributed by atoms with Crippen LogP contribution in [0.2, 0.25) is 0 Å². The average Bonchev–Trinajstić information content (AvgIpc) is 2.94. The molecule has 1 fully saturated rings. The highest BCUT2D eigenvalue weighted by Gasteiger charge is 2.58. The van der Waals surface area contributed by atoms with Gasteiger partial charge >= 0.3 is 11.9 Å². The predicted molar refractivity (Wildman–Crippen MR) is 82.8 cm³/mol. The van der Waals surface area contributed by atoms with Crippen molar-refractivity contribution in [3.63, 3.8) is 0 Å². The maximum absolute atomic E-state index is 12.2. The number of carbonyl (C=O) groups is 2. The summed E-state index contributed by atoms with van der Waals surface area (Å²) in [6.07, 6.45) is 0.480. The Morgan fingerprint density at radius 3 is 2.68 bits per heavy atom. The van der Waals surface area contributed by atoms with E-state index in [0.717, 1.165) is 0 Å². The molecule has 0 aliphatic carbocycles. The van der Waals surface area contributed by atoms with E-state index in [-0.39, 0.29) is 36.4 Å². The van der Waals surface area contributed by atoms with Gasteiger partial charge in [-0.05, 0) is 26.3 Å². The number of aliphatic hydroxyl groups excluding tert-OH is 1. The summed E-state index contributed by atoms with van der Waals surface area (Å²) in [5.74, 6) is -3.03. The smallest absolute Gasteiger partial charge is 0.343 e. The third-order valence-electron chi connectivity index (χ3n) is 5.02. The molecule has 3 rings (SSSR count). The van der Waals surface area contributed by atoms with Crippen LogP contribution in [-0.4, -0.2) is 57.0 Å². The van der Waals surface area contributed by atoms with Gasteiger partial charge in [-0.25, -0.2) is 4.79 Å². The highest BCUT2D eigenvalue weighted by atomic mass is 16.7. The molecule has 3 aliphatic heterocycles. The summed E-state index contributed by atoms with van der Waals surface area (Å²) >= 11 is 0. The van der Waals surface area contributed by atoms with Crippen LogP contribution in [-0.2, 0) is 23.8 Å². The zero-order valence-corrected chi connectivity index (χ0v) is 14.4. The normalized spacial score (nSPS) is 42.7. The van der Waals surface area contributed by atoms with Gasteiger partial charge in [-0.2, -0.15) is 0 Å². The molecule has 3 N–H and O–H groups in total. The van der Waals surface area contributed by atoms with Crippen LogP contribution in [0.25, 0.3) is 0 Å². The molecule has 0 aromatic heterocycles. The van der Waals surface area contributed by atoms with E-state index >= 15 is 0 Å². The number of carbonyl (C=O) groups excluding carboxylic acids is 2. The molecule has 138 valence electrons. The van der Waals surface area contributed by atoms with E-state index in [1.54, 1.807) is 6.92 Å². The number of fused-ring (bicyclic) bond motifs is 3. The van der Waals surface area contributed by atoms with Crippen LogP contribution in [0.3, 0.4) is 0 Å². The topological polar surface area (TPSA) is 123 Å². The van der Waals surface area contributed by atoms with Crippen LogP contribution >= 0.6 is 0 Å². The molecule has 0 aromatic carbocycles. The number of rotatable bonds is 2. The monoisotopic (exact) mass is 354 g/mol. The second-order valence-electron chi connectivity index (χ2n) is 7.26. The van der Waals surface area contributed by atoms with Crippen molar-refractivity contribution in [2.45, 2.75) is 63.1 Å². The van der Waals surface area contributed by atoms with Crippen molar-refractivity contribution in [2.24, 2.45) is 0 Å². The quantitative estimate of drug-likeness (QED) is 0.595. The lowest BCUT2D eigenvalue weighted by molar-refractivity contribution is -0.297. The van der Waals surface area contributed by atoms with Gasteiger partial charge in [-0.1, -0.05) is 0 Å². The Kier molecular flexibility index (Phi) is 4.07. The molecule has 0 amide bonds. The minimum Gasteiger partial charge on any atom is -0.461 e. The van der Waals surface area contributed by atoms with Gasteiger partial charge in [0.1, 0.15) is 18.0 Å². The van der Waals surface area contributed by atoms with Crippen LogP contribution < -0.4 is 0 Å². The van der Waals surface area contributed by atoms with Gasteiger partial charge in [0.05, 0.1) is 17.3 Å². The van der Waals surface area contributed by atoms with Crippen molar-refractivity contribution in [1.82, 2.24) is 0 Å². The summed E-state index contributed by atoms with van der Waals surface area (Å²) in [7, 11) is 0. The first-order valence-electron chi connectivity index (χ1n) is 8.11. The SMILES string of the molecule is CC(=O)OCC1=C2/C(=C/C3(C)CCC(O)(O3)C(C)(O)CC2O)OC1=O. The Hall–Kier alpha value is -1.74. The average molecular weight is 354 g/mol. The Balaban J connectivity index is 2.09. The molecule has 4 unspecified atom stereocenters. The fourth-order valence-corrected chi connectivity index (χ4v) is 3.56. The third-order valence-corrected chi connectivity index (χ3v) is 5.02. The number of hydrogen-bond acceptors (Lipinski definition) is 8. The van der Waals surface area contributed by atoms with E-state index in [2.05, 4.69) is 0 Å². The number of hydrogen-bond donors (Lipinski definition) is 3. The lowest BCUT2D eigenvalue weighted by Crippen LogP contribution is -2.54. The van der Waals surface area contributed by atoms with Crippen molar-refractivity contribution in [1.29, 1.82) is 0 Å². The van der Waals surface area contributed by atoms with Gasteiger partial charge in [0.2, 0.25) is 0 Å². The molecule has 0 saturated carbocycles. The van der Waals surface area contributed by atoms with Gasteiger partial charge < -0.3 is 29.5 Å². The van der Waals surface area contributed by atoms with Crippen LogP contribution in [0.1, 0.15) is 40.0 Å². The first-order chi connectivity index (χ1) is 11.5. The first kappa shape index (κ1) is 18.1. The minimum atomic E-state index is -1.83. The maximum Gasteiger partial charge on any atom is 0.343 e. The van der Waals surface area contributed by atoms with Gasteiger partial charge in [0.25, 0.3) is 0 Å². The van der Waals surface area contributed by atoms with Gasteiger partial charge in [-0.15, -0.1) is 0 Å². The van der Waals surface area contributed by atoms with Gasteiger partial charge in [0.15, 0.2) is 5.79 Å². The Morgan fingerprint density at radius 1 is 1.36 bits per heavy atom. The summed E-state index contributed by atoms with van der Waals surface area (Å²) in [6, 6.07) is 0. The van der Waals surface area contributed by atoms with E-state index < -0.39 is 35.0 Å². The molecular formula is C17H22O8. The molecule has 8 nitrogen and oxygen atoms in total. The summed E-state index contributed by atoms with van der Waals surface area (Å²) in [5, 5.41) is 32.1. The lowest BCUT2D eigenvalue weighted by atomic mass is 9.82. The highest BCUT2D eigenvalue weighted by Crippen LogP contribution is 2.48. The molecule has 3 aliphatic rings. The zero-order chi connectivity index (χ0) is 18.6. The fraction of sp³-hybridized carbons (Fsp3) is 0.647. The number of esters is 2. The molecule has 1 saturated heterocycles. The first-order valence-corrected chi connectivity index (χ1v) is 8.11. The van der Waals surface area contributed by atoms with Crippen LogP contribution in [0.5, 0.6) is 0 Å². The molecule has 8 heteroatoms. The number of ether oxygens (including phenoxy) is 3. The summed E-state index contributed by atoms with van der Waals surface area (Å²) in [6.45, 7) is 3.93. The van der Waals surface area contributed by atoms with Gasteiger partial charge in [-0.3, -0.25) is 4.79 Å². The summed E-state index contributed by atoms with van der Waals surface area (Å²) in [5.41, 5.74) is -2.59. The lowest BCUT2D eigenvalue weighted by Gasteiger charge is -2.39. The summed E-state index contributed by atoms with van der Waals surface area (Å²) in [4.78, 5) is 23.2. The van der Waals surface area contributed by atoms with Crippen LogP contribution in [0.4, 0.5) is 0 Å². The molecule has 3 heterocycles. The third kappa shape index (κ3) is 2.99. The molecular weight excluding hydrogens is 332 g/mol. The molecule has 0 aromatic rings. The predicted octanol–water partition coefficient (Wildman–Crippen LogP) is 0.0601. The Bertz CT molecular complexity index is 691. The molecule has 25 heavy (non-hydrogen) atoms. The van der Waals surface area contributed by atoms with E-state index in [0.29, 0.717) is 6.42 Å². The van der Waals surface area contributed by atoms with Crippen molar-refractivity contribution in [3.8, 4) is 0 Å². The maximum atomic E-state index is 12.2. The Labute approximate surface area is 144 Å². The standard InChI is InChI=1S/C17H22O8/c1-9(18)23-8-10-13-11(19)6-16(3,21)17(22)5-4-15(2,25-17)7-12(13)24-14(10)20/h7,11,19,21-22H,4-6,8H2,1-3H3/b12-7-. The highest BCUT2D eigenvalue weighted by molar-refractivity contribution is 5.95. The zero-order valence-electron chi connectivity index (χ0n) is 14.4. The van der Waals surface area contributed by atoms with Crippen LogP contribution in [0, 0.1) is 0 Å². The molecule has 0 spiro atoms. The van der Waals surface area contributed by atoms with Crippen molar-refractivity contribution < 1.29 is 39.1 Å². The second-order valence-corrected chi connectivity index (χ2v) is 7.26. The van der Waals surface area contributed by atoms with Gasteiger partial charge in [0, 0.05) is 25.3 Å². The second kappa shape index (κ2) is 5.63. The van der Waals surface area contributed by atoms with Crippen LogP contribution in [0.15, 0.2) is 23.0 Å². The largest absolute Gasteiger partial charge is 0.461 e. The minimum absolute atomic E-state index is 0.0121. The van der Waals surface area contributed by atoms with Crippen molar-refractivity contribution in [2.75, 3.05) is 6.61 Å². The van der Waals surface area contributed by atoms with E-state index in [4.69, 9.17) is 14.2 Å². The Morgan fingerprint density at radius 2 is 2.04 bits per heavy atom. The number of aliphatic hydroxyl groups is 3. The fourth-order valence-electron chi connectivity index (χ4n) is 3.56.